The van der Waals surface area contributed by atoms with Crippen LogP contribution in [0.2, 0.25) is 5.02 Å². The second-order valence-corrected chi connectivity index (χ2v) is 5.54. The van der Waals surface area contributed by atoms with Crippen LogP contribution >= 0.6 is 27.5 Å². The smallest absolute Gasteiger partial charge is 0.167 e. The maximum atomic E-state index is 12.2. The number of halogens is 2. The minimum Gasteiger partial charge on any atom is -0.294 e. The zero-order chi connectivity index (χ0) is 13.1. The molecule has 0 unspecified atom stereocenters. The summed E-state index contributed by atoms with van der Waals surface area (Å²) >= 11 is 9.26. The molecule has 0 radical (unpaired) electrons. The van der Waals surface area contributed by atoms with Crippen molar-refractivity contribution in [3.63, 3.8) is 0 Å². The molecule has 0 spiro atoms. The summed E-state index contributed by atoms with van der Waals surface area (Å²) in [5.41, 5.74) is 2.67. The van der Waals surface area contributed by atoms with E-state index in [-0.39, 0.29) is 5.78 Å². The minimum atomic E-state index is 0.117. The van der Waals surface area contributed by atoms with Gasteiger partial charge in [0, 0.05) is 21.5 Å². The quantitative estimate of drug-likeness (QED) is 0.739. The van der Waals surface area contributed by atoms with Gasteiger partial charge in [0.1, 0.15) is 0 Å². The van der Waals surface area contributed by atoms with Crippen molar-refractivity contribution in [2.24, 2.45) is 0 Å². The predicted molar refractivity (Wildman–Crippen MR) is 78.4 cm³/mol. The van der Waals surface area contributed by atoms with Crippen LogP contribution in [0.1, 0.15) is 21.5 Å². The van der Waals surface area contributed by atoms with E-state index in [4.69, 9.17) is 11.6 Å². The van der Waals surface area contributed by atoms with Gasteiger partial charge in [-0.25, -0.2) is 0 Å². The van der Waals surface area contributed by atoms with Crippen LogP contribution in [0.25, 0.3) is 0 Å². The van der Waals surface area contributed by atoms with Gasteiger partial charge in [-0.1, -0.05) is 39.7 Å². The van der Waals surface area contributed by atoms with Crippen LogP contribution in [0, 0.1) is 6.92 Å². The molecule has 0 N–H and O–H groups in total. The standard InChI is InChI=1S/C15H12BrClO/c1-10-8-13(17)6-7-14(10)15(18)9-11-2-4-12(16)5-3-11/h2-8H,9H2,1H3. The zero-order valence-corrected chi connectivity index (χ0v) is 12.3. The van der Waals surface area contributed by atoms with Crippen molar-refractivity contribution in [3.05, 3.63) is 68.7 Å². The van der Waals surface area contributed by atoms with Crippen molar-refractivity contribution in [2.45, 2.75) is 13.3 Å². The molecule has 92 valence electrons. The van der Waals surface area contributed by atoms with Crippen molar-refractivity contribution in [3.8, 4) is 0 Å². The molecule has 0 aliphatic carbocycles. The average Bonchev–Trinajstić information content (AvgIpc) is 2.32. The Bertz CT molecular complexity index is 576. The van der Waals surface area contributed by atoms with Crippen LogP contribution in [0.5, 0.6) is 0 Å². The van der Waals surface area contributed by atoms with E-state index in [9.17, 15) is 4.79 Å². The fraction of sp³-hybridized carbons (Fsp3) is 0.133. The molecule has 0 bridgehead atoms. The van der Waals surface area contributed by atoms with E-state index in [1.807, 2.05) is 37.3 Å². The summed E-state index contributed by atoms with van der Waals surface area (Å²) in [7, 11) is 0. The fourth-order valence-electron chi connectivity index (χ4n) is 1.82. The number of benzene rings is 2. The number of rotatable bonds is 3. The first-order valence-corrected chi connectivity index (χ1v) is 6.77. The normalized spacial score (nSPS) is 10.4. The summed E-state index contributed by atoms with van der Waals surface area (Å²) in [5.74, 6) is 0.117. The first kappa shape index (κ1) is 13.3. The van der Waals surface area contributed by atoms with Crippen LogP contribution in [0.15, 0.2) is 46.9 Å². The Morgan fingerprint density at radius 3 is 2.44 bits per heavy atom. The van der Waals surface area contributed by atoms with Gasteiger partial charge in [-0.05, 0) is 48.4 Å². The highest BCUT2D eigenvalue weighted by Gasteiger charge is 2.10. The van der Waals surface area contributed by atoms with Crippen LogP contribution in [0.3, 0.4) is 0 Å². The van der Waals surface area contributed by atoms with E-state index in [1.165, 1.54) is 0 Å². The van der Waals surface area contributed by atoms with Crippen molar-refractivity contribution < 1.29 is 4.79 Å². The Hall–Kier alpha value is -1.12. The minimum absolute atomic E-state index is 0.117. The number of carbonyl (C=O) groups excluding carboxylic acids is 1. The second-order valence-electron chi connectivity index (χ2n) is 4.19. The zero-order valence-electron chi connectivity index (χ0n) is 9.91. The van der Waals surface area contributed by atoms with Crippen molar-refractivity contribution in [2.75, 3.05) is 0 Å². The molecule has 0 atom stereocenters. The molecule has 2 aromatic rings. The van der Waals surface area contributed by atoms with Crippen molar-refractivity contribution in [1.82, 2.24) is 0 Å². The molecule has 1 nitrogen and oxygen atoms in total. The van der Waals surface area contributed by atoms with Crippen molar-refractivity contribution in [1.29, 1.82) is 0 Å². The largest absolute Gasteiger partial charge is 0.294 e. The summed E-state index contributed by atoms with van der Waals surface area (Å²) < 4.78 is 1.02. The highest BCUT2D eigenvalue weighted by Crippen LogP contribution is 2.18. The summed E-state index contributed by atoms with van der Waals surface area (Å²) in [6.45, 7) is 1.90. The number of carbonyl (C=O) groups is 1. The number of Topliss-reactive ketones (excluding diaryl/α,β-unsaturated/α-hetero) is 1. The number of ketones is 1. The van der Waals surface area contributed by atoms with Gasteiger partial charge < -0.3 is 0 Å². The third-order valence-corrected chi connectivity index (χ3v) is 3.53. The fourth-order valence-corrected chi connectivity index (χ4v) is 2.31. The Kier molecular flexibility index (Phi) is 4.20. The van der Waals surface area contributed by atoms with Gasteiger partial charge in [-0.15, -0.1) is 0 Å². The molecule has 18 heavy (non-hydrogen) atoms. The Labute approximate surface area is 120 Å². The summed E-state index contributed by atoms with van der Waals surface area (Å²) in [6, 6.07) is 13.1. The maximum Gasteiger partial charge on any atom is 0.167 e. The molecule has 0 aliphatic heterocycles. The monoisotopic (exact) mass is 322 g/mol. The lowest BCUT2D eigenvalue weighted by atomic mass is 9.99. The van der Waals surface area contributed by atoms with Gasteiger partial charge in [-0.2, -0.15) is 0 Å². The third-order valence-electron chi connectivity index (χ3n) is 2.77. The SMILES string of the molecule is Cc1cc(Cl)ccc1C(=O)Cc1ccc(Br)cc1. The topological polar surface area (TPSA) is 17.1 Å². The second kappa shape index (κ2) is 5.68. The number of hydrogen-bond donors (Lipinski definition) is 0. The van der Waals surface area contributed by atoms with E-state index in [0.717, 1.165) is 21.2 Å². The summed E-state index contributed by atoms with van der Waals surface area (Å²) in [5, 5.41) is 0.660. The molecule has 0 aliphatic rings. The van der Waals surface area contributed by atoms with Gasteiger partial charge in [-0.3, -0.25) is 4.79 Å². The van der Waals surface area contributed by atoms with E-state index >= 15 is 0 Å². The van der Waals surface area contributed by atoms with Crippen LogP contribution < -0.4 is 0 Å². The van der Waals surface area contributed by atoms with Crippen molar-refractivity contribution >= 4 is 33.3 Å². The molecule has 0 saturated heterocycles. The first-order chi connectivity index (χ1) is 8.56. The van der Waals surface area contributed by atoms with Crippen LogP contribution in [-0.2, 0) is 6.42 Å². The van der Waals surface area contributed by atoms with E-state index in [0.29, 0.717) is 11.4 Å². The van der Waals surface area contributed by atoms with E-state index in [1.54, 1.807) is 12.1 Å². The van der Waals surface area contributed by atoms with Crippen LogP contribution in [-0.4, -0.2) is 5.78 Å². The molecule has 0 aromatic heterocycles. The molecule has 0 heterocycles. The maximum absolute atomic E-state index is 12.2. The lowest BCUT2D eigenvalue weighted by molar-refractivity contribution is 0.0992. The predicted octanol–water partition coefficient (Wildman–Crippen LogP) is 4.84. The third kappa shape index (κ3) is 3.21. The average molecular weight is 324 g/mol. The molecular formula is C15H12BrClO. The molecule has 0 amide bonds. The Balaban J connectivity index is 2.19. The molecule has 2 rings (SSSR count). The molecular weight excluding hydrogens is 312 g/mol. The highest BCUT2D eigenvalue weighted by atomic mass is 79.9. The van der Waals surface area contributed by atoms with Gasteiger partial charge in [0.05, 0.1) is 0 Å². The first-order valence-electron chi connectivity index (χ1n) is 5.60. The molecule has 2 aromatic carbocycles. The molecule has 0 fully saturated rings. The van der Waals surface area contributed by atoms with E-state index in [2.05, 4.69) is 15.9 Å². The summed E-state index contributed by atoms with van der Waals surface area (Å²) in [4.78, 5) is 12.2. The van der Waals surface area contributed by atoms with Crippen LogP contribution in [0.4, 0.5) is 0 Å². The number of hydrogen-bond acceptors (Lipinski definition) is 1. The molecule has 0 saturated carbocycles. The summed E-state index contributed by atoms with van der Waals surface area (Å²) in [6.07, 6.45) is 0.412. The molecule has 3 heteroatoms. The van der Waals surface area contributed by atoms with Gasteiger partial charge >= 0.3 is 0 Å². The lowest BCUT2D eigenvalue weighted by Gasteiger charge is -2.05. The number of aryl methyl sites for hydroxylation is 1. The van der Waals surface area contributed by atoms with E-state index < -0.39 is 0 Å². The van der Waals surface area contributed by atoms with Gasteiger partial charge in [0.2, 0.25) is 0 Å². The Morgan fingerprint density at radius 2 is 1.83 bits per heavy atom. The lowest BCUT2D eigenvalue weighted by Crippen LogP contribution is -2.05. The van der Waals surface area contributed by atoms with Gasteiger partial charge in [0.15, 0.2) is 5.78 Å². The van der Waals surface area contributed by atoms with Gasteiger partial charge in [0.25, 0.3) is 0 Å². The Morgan fingerprint density at radius 1 is 1.17 bits per heavy atom. The highest BCUT2D eigenvalue weighted by molar-refractivity contribution is 9.10.